The number of H-pyrrole nitrogens is 1. The third-order valence-electron chi connectivity index (χ3n) is 2.64. The smallest absolute Gasteiger partial charge is 0.195 e. The van der Waals surface area contributed by atoms with Crippen LogP contribution < -0.4 is 0 Å². The van der Waals surface area contributed by atoms with E-state index in [-0.39, 0.29) is 5.54 Å². The summed E-state index contributed by atoms with van der Waals surface area (Å²) < 4.78 is 2.63. The lowest BCUT2D eigenvalue weighted by Crippen LogP contribution is -2.23. The number of aryl methyl sites for hydroxylation is 1. The van der Waals surface area contributed by atoms with E-state index in [1.807, 2.05) is 23.6 Å². The predicted molar refractivity (Wildman–Crippen MR) is 77.6 cm³/mol. The lowest BCUT2D eigenvalue weighted by atomic mass is 10.1. The van der Waals surface area contributed by atoms with Crippen molar-refractivity contribution >= 4 is 23.8 Å². The summed E-state index contributed by atoms with van der Waals surface area (Å²) in [6.07, 6.45) is 0. The Morgan fingerprint density at radius 2 is 1.94 bits per heavy atom. The molecule has 0 unspecified atom stereocenters. The quantitative estimate of drug-likeness (QED) is 0.790. The van der Waals surface area contributed by atoms with Gasteiger partial charge in [0.15, 0.2) is 10.6 Å². The van der Waals surface area contributed by atoms with Crippen LogP contribution in [0, 0.1) is 11.7 Å². The maximum Gasteiger partial charge on any atom is 0.195 e. The highest BCUT2D eigenvalue weighted by molar-refractivity contribution is 7.71. The Morgan fingerprint density at radius 1 is 1.28 bits per heavy atom. The van der Waals surface area contributed by atoms with E-state index in [4.69, 9.17) is 23.8 Å². The average molecular weight is 282 g/mol. The first-order chi connectivity index (χ1) is 8.29. The van der Waals surface area contributed by atoms with E-state index in [0.29, 0.717) is 9.79 Å². The summed E-state index contributed by atoms with van der Waals surface area (Å²) in [6, 6.07) is 5.88. The second-order valence-electron chi connectivity index (χ2n) is 5.38. The normalized spacial score (nSPS) is 11.8. The van der Waals surface area contributed by atoms with Crippen molar-refractivity contribution in [3.63, 3.8) is 0 Å². The topological polar surface area (TPSA) is 33.6 Å². The molecule has 0 amide bonds. The van der Waals surface area contributed by atoms with Crippen LogP contribution in [-0.4, -0.2) is 14.8 Å². The maximum absolute atomic E-state index is 6.10. The van der Waals surface area contributed by atoms with Gasteiger partial charge in [-0.15, -0.1) is 0 Å². The molecule has 1 heterocycles. The summed E-state index contributed by atoms with van der Waals surface area (Å²) in [4.78, 5) is 0. The molecule has 1 aromatic heterocycles. The van der Waals surface area contributed by atoms with Gasteiger partial charge in [-0.25, -0.2) is 0 Å². The molecule has 5 heteroatoms. The SMILES string of the molecule is Cc1cc(Cl)cc(-c2n[nH]c(=S)n2C(C)(C)C)c1. The second kappa shape index (κ2) is 4.52. The Morgan fingerprint density at radius 3 is 2.50 bits per heavy atom. The highest BCUT2D eigenvalue weighted by Gasteiger charge is 2.20. The number of nitrogens with one attached hydrogen (secondary N) is 1. The van der Waals surface area contributed by atoms with Crippen LogP contribution in [-0.2, 0) is 5.54 Å². The molecule has 2 aromatic rings. The van der Waals surface area contributed by atoms with Gasteiger partial charge in [-0.2, -0.15) is 5.10 Å². The van der Waals surface area contributed by atoms with E-state index >= 15 is 0 Å². The minimum absolute atomic E-state index is 0.129. The van der Waals surface area contributed by atoms with Crippen LogP contribution in [0.2, 0.25) is 5.02 Å². The molecule has 1 aromatic carbocycles. The zero-order chi connectivity index (χ0) is 13.5. The van der Waals surface area contributed by atoms with E-state index in [2.05, 4.69) is 37.0 Å². The summed E-state index contributed by atoms with van der Waals surface area (Å²) in [5, 5.41) is 7.88. The highest BCUT2D eigenvalue weighted by Crippen LogP contribution is 2.27. The van der Waals surface area contributed by atoms with E-state index in [1.54, 1.807) is 0 Å². The molecule has 3 nitrogen and oxygen atoms in total. The first kappa shape index (κ1) is 13.3. The Kier molecular flexibility index (Phi) is 3.34. The van der Waals surface area contributed by atoms with Gasteiger partial charge in [0.2, 0.25) is 0 Å². The molecule has 0 aliphatic rings. The molecular formula is C13H16ClN3S. The molecule has 0 bridgehead atoms. The van der Waals surface area contributed by atoms with Gasteiger partial charge >= 0.3 is 0 Å². The van der Waals surface area contributed by atoms with Crippen LogP contribution in [0.25, 0.3) is 11.4 Å². The minimum Gasteiger partial charge on any atom is -0.295 e. The van der Waals surface area contributed by atoms with Gasteiger partial charge in [-0.1, -0.05) is 11.6 Å². The van der Waals surface area contributed by atoms with Crippen molar-refractivity contribution in [1.29, 1.82) is 0 Å². The molecule has 0 aliphatic carbocycles. The Hall–Kier alpha value is -1.13. The average Bonchev–Trinajstić information content (AvgIpc) is 2.57. The van der Waals surface area contributed by atoms with Gasteiger partial charge in [-0.3, -0.25) is 9.67 Å². The minimum atomic E-state index is -0.129. The molecule has 0 saturated heterocycles. The van der Waals surface area contributed by atoms with Crippen molar-refractivity contribution in [3.05, 3.63) is 33.6 Å². The van der Waals surface area contributed by atoms with Crippen LogP contribution in [0.1, 0.15) is 26.3 Å². The lowest BCUT2D eigenvalue weighted by Gasteiger charge is -2.22. The van der Waals surface area contributed by atoms with Crippen molar-refractivity contribution in [2.24, 2.45) is 0 Å². The number of hydrogen-bond donors (Lipinski definition) is 1. The molecule has 0 fully saturated rings. The summed E-state index contributed by atoms with van der Waals surface area (Å²) >= 11 is 11.4. The van der Waals surface area contributed by atoms with Crippen LogP contribution in [0.4, 0.5) is 0 Å². The van der Waals surface area contributed by atoms with Crippen LogP contribution in [0.5, 0.6) is 0 Å². The monoisotopic (exact) mass is 281 g/mol. The Bertz CT molecular complexity index is 614. The predicted octanol–water partition coefficient (Wildman–Crippen LogP) is 4.32. The number of benzene rings is 1. The van der Waals surface area contributed by atoms with E-state index in [0.717, 1.165) is 17.0 Å². The fraction of sp³-hybridized carbons (Fsp3) is 0.385. The van der Waals surface area contributed by atoms with Crippen molar-refractivity contribution in [2.75, 3.05) is 0 Å². The number of aromatic nitrogens is 3. The number of rotatable bonds is 1. The summed E-state index contributed by atoms with van der Waals surface area (Å²) in [5.41, 5.74) is 1.95. The number of aromatic amines is 1. The van der Waals surface area contributed by atoms with Crippen molar-refractivity contribution in [1.82, 2.24) is 14.8 Å². The fourth-order valence-corrected chi connectivity index (χ4v) is 2.67. The molecule has 0 radical (unpaired) electrons. The molecule has 0 saturated carbocycles. The molecule has 1 N–H and O–H groups in total. The van der Waals surface area contributed by atoms with Crippen LogP contribution in [0.3, 0.4) is 0 Å². The van der Waals surface area contributed by atoms with Gasteiger partial charge in [0.1, 0.15) is 0 Å². The summed E-state index contributed by atoms with van der Waals surface area (Å²) in [5.74, 6) is 0.818. The van der Waals surface area contributed by atoms with E-state index in [1.165, 1.54) is 0 Å². The van der Waals surface area contributed by atoms with Crippen molar-refractivity contribution in [3.8, 4) is 11.4 Å². The zero-order valence-electron chi connectivity index (χ0n) is 10.9. The first-order valence-electron chi connectivity index (χ1n) is 5.74. The Labute approximate surface area is 117 Å². The van der Waals surface area contributed by atoms with Crippen molar-refractivity contribution < 1.29 is 0 Å². The molecule has 96 valence electrons. The molecule has 0 atom stereocenters. The third-order valence-corrected chi connectivity index (χ3v) is 3.14. The standard InChI is InChI=1S/C13H16ClN3S/c1-8-5-9(7-10(14)6-8)11-15-16-12(18)17(11)13(2,3)4/h5-7H,1-4H3,(H,16,18). The zero-order valence-corrected chi connectivity index (χ0v) is 12.5. The van der Waals surface area contributed by atoms with Gasteiger partial charge < -0.3 is 0 Å². The lowest BCUT2D eigenvalue weighted by molar-refractivity contribution is 0.395. The number of halogens is 1. The summed E-state index contributed by atoms with van der Waals surface area (Å²) in [7, 11) is 0. The first-order valence-corrected chi connectivity index (χ1v) is 6.53. The molecule has 2 rings (SSSR count). The number of nitrogens with zero attached hydrogens (tertiary/aromatic N) is 2. The van der Waals surface area contributed by atoms with E-state index < -0.39 is 0 Å². The van der Waals surface area contributed by atoms with Crippen LogP contribution >= 0.6 is 23.8 Å². The maximum atomic E-state index is 6.10. The molecular weight excluding hydrogens is 266 g/mol. The number of hydrogen-bond acceptors (Lipinski definition) is 2. The summed E-state index contributed by atoms with van der Waals surface area (Å²) in [6.45, 7) is 8.30. The van der Waals surface area contributed by atoms with Gasteiger partial charge in [0.05, 0.1) is 0 Å². The Balaban J connectivity index is 2.69. The molecule has 0 spiro atoms. The van der Waals surface area contributed by atoms with Gasteiger partial charge in [0, 0.05) is 16.1 Å². The van der Waals surface area contributed by atoms with Crippen molar-refractivity contribution in [2.45, 2.75) is 33.2 Å². The van der Waals surface area contributed by atoms with Crippen LogP contribution in [0.15, 0.2) is 18.2 Å². The van der Waals surface area contributed by atoms with E-state index in [9.17, 15) is 0 Å². The highest BCUT2D eigenvalue weighted by atomic mass is 35.5. The van der Waals surface area contributed by atoms with Gasteiger partial charge in [-0.05, 0) is 63.7 Å². The van der Waals surface area contributed by atoms with Gasteiger partial charge in [0.25, 0.3) is 0 Å². The largest absolute Gasteiger partial charge is 0.295 e. The second-order valence-corrected chi connectivity index (χ2v) is 6.20. The fourth-order valence-electron chi connectivity index (χ4n) is 1.98. The molecule has 18 heavy (non-hydrogen) atoms. The molecule has 0 aliphatic heterocycles. The third kappa shape index (κ3) is 2.49.